The maximum atomic E-state index is 5.97. The highest BCUT2D eigenvalue weighted by Crippen LogP contribution is 2.35. The topological polar surface area (TPSA) is 52.2 Å². The van der Waals surface area contributed by atoms with E-state index in [9.17, 15) is 0 Å². The maximum absolute atomic E-state index is 5.97. The Labute approximate surface area is 199 Å². The molecule has 170 valence electrons. The van der Waals surface area contributed by atoms with Gasteiger partial charge >= 0.3 is 0 Å². The zero-order valence-electron chi connectivity index (χ0n) is 18.2. The van der Waals surface area contributed by atoms with Gasteiger partial charge in [-0.25, -0.2) is 0 Å². The van der Waals surface area contributed by atoms with Crippen LogP contribution in [-0.2, 0) is 4.74 Å². The molecule has 0 aromatic heterocycles. The van der Waals surface area contributed by atoms with Gasteiger partial charge in [0.05, 0.1) is 12.6 Å². The summed E-state index contributed by atoms with van der Waals surface area (Å²) in [4.78, 5) is 2.16. The number of fused-ring (bicyclic) bond motifs is 1. The van der Waals surface area contributed by atoms with Crippen molar-refractivity contribution in [3.63, 3.8) is 0 Å². The molecule has 1 fully saturated rings. The van der Waals surface area contributed by atoms with Crippen LogP contribution in [0.2, 0.25) is 0 Å². The number of rotatable bonds is 6. The summed E-state index contributed by atoms with van der Waals surface area (Å²) < 4.78 is 22.7. The Morgan fingerprint density at radius 2 is 1.67 bits per heavy atom. The van der Waals surface area contributed by atoms with Crippen molar-refractivity contribution in [2.45, 2.75) is 12.1 Å². The molecular formula is C26H26N2O4S. The Morgan fingerprint density at radius 1 is 0.970 bits per heavy atom. The van der Waals surface area contributed by atoms with Crippen molar-refractivity contribution in [3.05, 3.63) is 90.0 Å². The third-order valence-corrected chi connectivity index (χ3v) is 6.12. The zero-order chi connectivity index (χ0) is 22.5. The highest BCUT2D eigenvalue weighted by atomic mass is 32.1. The number of ether oxygens (including phenoxy) is 4. The van der Waals surface area contributed by atoms with Crippen LogP contribution in [0.3, 0.4) is 0 Å². The Balaban J connectivity index is 1.21. The summed E-state index contributed by atoms with van der Waals surface area (Å²) in [6, 6.07) is 26.3. The van der Waals surface area contributed by atoms with Gasteiger partial charge in [0.1, 0.15) is 18.5 Å². The highest BCUT2D eigenvalue weighted by Gasteiger charge is 2.25. The van der Waals surface area contributed by atoms with E-state index in [4.69, 9.17) is 31.2 Å². The average Bonchev–Trinajstić information content (AvgIpc) is 3.35. The summed E-state index contributed by atoms with van der Waals surface area (Å²) in [5.41, 5.74) is 2.34. The molecule has 0 amide bonds. The SMILES string of the molecule is S=C(NC(c1ccccc1)c1ccccc1)N1CCOC(COc2ccc3c(c2)OCO3)C1. The molecule has 7 heteroatoms. The summed E-state index contributed by atoms with van der Waals surface area (Å²) in [5, 5.41) is 4.28. The molecule has 0 radical (unpaired) electrons. The van der Waals surface area contributed by atoms with Gasteiger partial charge in [0.25, 0.3) is 0 Å². The van der Waals surface area contributed by atoms with Crippen molar-refractivity contribution < 1.29 is 18.9 Å². The first-order valence-electron chi connectivity index (χ1n) is 11.1. The molecule has 5 rings (SSSR count). The molecule has 2 heterocycles. The molecule has 0 spiro atoms. The van der Waals surface area contributed by atoms with Crippen molar-refractivity contribution in [1.29, 1.82) is 0 Å². The van der Waals surface area contributed by atoms with Gasteiger partial charge in [0.2, 0.25) is 6.79 Å². The van der Waals surface area contributed by atoms with Crippen LogP contribution in [0, 0.1) is 0 Å². The first-order valence-corrected chi connectivity index (χ1v) is 11.5. The van der Waals surface area contributed by atoms with Crippen LogP contribution in [0.15, 0.2) is 78.9 Å². The Morgan fingerprint density at radius 3 is 2.39 bits per heavy atom. The van der Waals surface area contributed by atoms with Gasteiger partial charge in [-0.15, -0.1) is 0 Å². The molecule has 0 saturated carbocycles. The summed E-state index contributed by atoms with van der Waals surface area (Å²) in [5.74, 6) is 2.18. The molecule has 1 atom stereocenters. The normalized spacial score (nSPS) is 17.1. The number of hydrogen-bond acceptors (Lipinski definition) is 5. The van der Waals surface area contributed by atoms with Crippen LogP contribution in [0.4, 0.5) is 0 Å². The molecule has 6 nitrogen and oxygen atoms in total. The van der Waals surface area contributed by atoms with Gasteiger partial charge < -0.3 is 29.2 Å². The predicted molar refractivity (Wildman–Crippen MR) is 130 cm³/mol. The number of thiocarbonyl (C=S) groups is 1. The van der Waals surface area contributed by atoms with E-state index in [1.165, 1.54) is 11.1 Å². The van der Waals surface area contributed by atoms with E-state index < -0.39 is 0 Å². The summed E-state index contributed by atoms with van der Waals surface area (Å²) >= 11 is 5.82. The zero-order valence-corrected chi connectivity index (χ0v) is 19.0. The first kappa shape index (κ1) is 21.6. The van der Waals surface area contributed by atoms with Gasteiger partial charge in [-0.1, -0.05) is 60.7 Å². The minimum Gasteiger partial charge on any atom is -0.491 e. The molecule has 0 aliphatic carbocycles. The van der Waals surface area contributed by atoms with Crippen LogP contribution in [-0.4, -0.2) is 49.2 Å². The highest BCUT2D eigenvalue weighted by molar-refractivity contribution is 7.80. The molecule has 2 aliphatic rings. The van der Waals surface area contributed by atoms with Crippen molar-refractivity contribution in [3.8, 4) is 17.2 Å². The predicted octanol–water partition coefficient (Wildman–Crippen LogP) is 4.16. The van der Waals surface area contributed by atoms with Gasteiger partial charge in [0, 0.05) is 19.2 Å². The van der Waals surface area contributed by atoms with E-state index in [2.05, 4.69) is 34.5 Å². The third-order valence-electron chi connectivity index (χ3n) is 5.74. The van der Waals surface area contributed by atoms with Crippen molar-refractivity contribution >= 4 is 17.3 Å². The fourth-order valence-electron chi connectivity index (χ4n) is 4.03. The van der Waals surface area contributed by atoms with E-state index in [1.54, 1.807) is 0 Å². The van der Waals surface area contributed by atoms with E-state index in [-0.39, 0.29) is 18.9 Å². The second kappa shape index (κ2) is 10.1. The smallest absolute Gasteiger partial charge is 0.231 e. The van der Waals surface area contributed by atoms with Crippen LogP contribution < -0.4 is 19.5 Å². The standard InChI is InChI=1S/C26H26N2O4S/c33-26(27-25(19-7-3-1-4-8-19)20-9-5-2-6-10-20)28-13-14-29-22(16-28)17-30-21-11-12-23-24(15-21)32-18-31-23/h1-12,15,22,25H,13-14,16-18H2,(H,27,33). The monoisotopic (exact) mass is 462 g/mol. The lowest BCUT2D eigenvalue weighted by Crippen LogP contribution is -2.51. The van der Waals surface area contributed by atoms with Gasteiger partial charge in [0.15, 0.2) is 16.6 Å². The van der Waals surface area contributed by atoms with Crippen molar-refractivity contribution in [1.82, 2.24) is 10.2 Å². The molecule has 1 saturated heterocycles. The minimum absolute atomic E-state index is 0.0222. The molecule has 2 aliphatic heterocycles. The number of morpholine rings is 1. The summed E-state index contributed by atoms with van der Waals surface area (Å²) in [7, 11) is 0. The number of nitrogens with zero attached hydrogens (tertiary/aromatic N) is 1. The number of benzene rings is 3. The summed E-state index contributed by atoms with van der Waals surface area (Å²) in [6.45, 7) is 2.67. The average molecular weight is 463 g/mol. The lowest BCUT2D eigenvalue weighted by atomic mass is 9.99. The first-order chi connectivity index (χ1) is 16.3. The van der Waals surface area contributed by atoms with Crippen molar-refractivity contribution in [2.24, 2.45) is 0 Å². The molecule has 33 heavy (non-hydrogen) atoms. The van der Waals surface area contributed by atoms with E-state index in [1.807, 2.05) is 54.6 Å². The van der Waals surface area contributed by atoms with Gasteiger partial charge in [-0.2, -0.15) is 0 Å². The maximum Gasteiger partial charge on any atom is 0.231 e. The molecule has 0 bridgehead atoms. The van der Waals surface area contributed by atoms with E-state index >= 15 is 0 Å². The van der Waals surface area contributed by atoms with Crippen LogP contribution in [0.5, 0.6) is 17.2 Å². The van der Waals surface area contributed by atoms with Crippen LogP contribution in [0.25, 0.3) is 0 Å². The second-order valence-corrected chi connectivity index (χ2v) is 8.36. The van der Waals surface area contributed by atoms with E-state index in [0.29, 0.717) is 30.6 Å². The van der Waals surface area contributed by atoms with Gasteiger partial charge in [-0.3, -0.25) is 0 Å². The fraction of sp³-hybridized carbons (Fsp3) is 0.269. The number of hydrogen-bond donors (Lipinski definition) is 1. The Hall–Kier alpha value is -3.29. The van der Waals surface area contributed by atoms with Crippen LogP contribution in [0.1, 0.15) is 17.2 Å². The molecular weight excluding hydrogens is 436 g/mol. The largest absolute Gasteiger partial charge is 0.491 e. The van der Waals surface area contributed by atoms with Crippen LogP contribution >= 0.6 is 12.2 Å². The molecule has 3 aromatic rings. The third kappa shape index (κ3) is 5.21. The molecule has 1 unspecified atom stereocenters. The Bertz CT molecular complexity index is 1040. The molecule has 3 aromatic carbocycles. The van der Waals surface area contributed by atoms with Gasteiger partial charge in [-0.05, 0) is 35.5 Å². The molecule has 1 N–H and O–H groups in total. The quantitative estimate of drug-likeness (QED) is 0.552. The number of nitrogens with one attached hydrogen (secondary N) is 1. The minimum atomic E-state index is -0.0872. The fourth-order valence-corrected chi connectivity index (χ4v) is 4.31. The summed E-state index contributed by atoms with van der Waals surface area (Å²) in [6.07, 6.45) is -0.0872. The van der Waals surface area contributed by atoms with E-state index in [0.717, 1.165) is 18.0 Å². The Kier molecular flexibility index (Phi) is 6.60. The lowest BCUT2D eigenvalue weighted by molar-refractivity contribution is -0.0289. The van der Waals surface area contributed by atoms with Crippen molar-refractivity contribution in [2.75, 3.05) is 33.1 Å². The lowest BCUT2D eigenvalue weighted by Gasteiger charge is -2.36. The second-order valence-electron chi connectivity index (χ2n) is 7.97.